The van der Waals surface area contributed by atoms with Gasteiger partial charge in [0.25, 0.3) is 5.56 Å². The molecule has 0 radical (unpaired) electrons. The SMILES string of the molecule is Cc1c(CCC2CCCCC2)nc(SCC(=O)c2ccc(O)cc2)[nH]c1=O. The van der Waals surface area contributed by atoms with Gasteiger partial charge in [-0.2, -0.15) is 0 Å². The second-order valence-corrected chi connectivity index (χ2v) is 8.21. The third-order valence-corrected chi connectivity index (χ3v) is 6.15. The lowest BCUT2D eigenvalue weighted by Gasteiger charge is -2.21. The molecule has 0 spiro atoms. The molecule has 0 atom stereocenters. The Bertz CT molecular complexity index is 839. The molecule has 27 heavy (non-hydrogen) atoms. The Morgan fingerprint density at radius 3 is 2.63 bits per heavy atom. The lowest BCUT2D eigenvalue weighted by molar-refractivity contribution is 0.102. The predicted octanol–water partition coefficient (Wildman–Crippen LogP) is 4.27. The molecular weight excluding hydrogens is 360 g/mol. The minimum absolute atomic E-state index is 0.0630. The maximum absolute atomic E-state index is 12.3. The van der Waals surface area contributed by atoms with Crippen LogP contribution in [0.1, 0.15) is 60.1 Å². The van der Waals surface area contributed by atoms with Gasteiger partial charge in [-0.05, 0) is 49.9 Å². The number of H-pyrrole nitrogens is 1. The fraction of sp³-hybridized carbons (Fsp3) is 0.476. The van der Waals surface area contributed by atoms with Crippen molar-refractivity contribution in [1.29, 1.82) is 0 Å². The molecule has 1 fully saturated rings. The van der Waals surface area contributed by atoms with Crippen LogP contribution >= 0.6 is 11.8 Å². The highest BCUT2D eigenvalue weighted by Gasteiger charge is 2.16. The number of nitrogens with one attached hydrogen (secondary N) is 1. The van der Waals surface area contributed by atoms with Crippen molar-refractivity contribution in [1.82, 2.24) is 9.97 Å². The fourth-order valence-corrected chi connectivity index (χ4v) is 4.32. The summed E-state index contributed by atoms with van der Waals surface area (Å²) in [6, 6.07) is 6.18. The maximum atomic E-state index is 12.3. The molecule has 1 aromatic heterocycles. The van der Waals surface area contributed by atoms with E-state index in [2.05, 4.69) is 9.97 Å². The largest absolute Gasteiger partial charge is 0.508 e. The fourth-order valence-electron chi connectivity index (χ4n) is 3.55. The smallest absolute Gasteiger partial charge is 0.254 e. The first-order valence-electron chi connectivity index (χ1n) is 9.58. The third-order valence-electron chi connectivity index (χ3n) is 5.27. The Morgan fingerprint density at radius 2 is 1.93 bits per heavy atom. The summed E-state index contributed by atoms with van der Waals surface area (Å²) in [5.74, 6) is 1.00. The van der Waals surface area contributed by atoms with Gasteiger partial charge in [-0.1, -0.05) is 43.9 Å². The minimum Gasteiger partial charge on any atom is -0.508 e. The van der Waals surface area contributed by atoms with E-state index in [4.69, 9.17) is 0 Å². The minimum atomic E-state index is -0.122. The molecule has 2 aromatic rings. The van der Waals surface area contributed by atoms with E-state index >= 15 is 0 Å². The van der Waals surface area contributed by atoms with E-state index in [1.54, 1.807) is 12.1 Å². The van der Waals surface area contributed by atoms with Crippen molar-refractivity contribution in [2.45, 2.75) is 57.0 Å². The Labute approximate surface area is 163 Å². The molecule has 144 valence electrons. The molecule has 3 rings (SSSR count). The highest BCUT2D eigenvalue weighted by atomic mass is 32.2. The summed E-state index contributed by atoms with van der Waals surface area (Å²) in [4.78, 5) is 31.9. The van der Waals surface area contributed by atoms with Crippen molar-refractivity contribution >= 4 is 17.5 Å². The molecule has 0 unspecified atom stereocenters. The van der Waals surface area contributed by atoms with E-state index in [1.807, 2.05) is 6.92 Å². The second-order valence-electron chi connectivity index (χ2n) is 7.24. The van der Waals surface area contributed by atoms with Crippen LogP contribution in [0.3, 0.4) is 0 Å². The molecule has 0 bridgehead atoms. The Kier molecular flexibility index (Phi) is 6.72. The summed E-state index contributed by atoms with van der Waals surface area (Å²) >= 11 is 1.25. The van der Waals surface area contributed by atoms with Gasteiger partial charge in [-0.25, -0.2) is 4.98 Å². The summed E-state index contributed by atoms with van der Waals surface area (Å²) in [6.07, 6.45) is 8.43. The third kappa shape index (κ3) is 5.45. The number of aromatic amines is 1. The number of phenols is 1. The van der Waals surface area contributed by atoms with E-state index in [-0.39, 0.29) is 22.8 Å². The van der Waals surface area contributed by atoms with Gasteiger partial charge in [0.2, 0.25) is 0 Å². The molecule has 1 aliphatic rings. The monoisotopic (exact) mass is 386 g/mol. The highest BCUT2D eigenvalue weighted by molar-refractivity contribution is 7.99. The molecule has 0 saturated heterocycles. The first kappa shape index (κ1) is 19.7. The van der Waals surface area contributed by atoms with Crippen LogP contribution in [0.4, 0.5) is 0 Å². The quantitative estimate of drug-likeness (QED) is 0.422. The van der Waals surface area contributed by atoms with Crippen LogP contribution in [0.15, 0.2) is 34.2 Å². The number of aryl methyl sites for hydroxylation is 1. The first-order chi connectivity index (χ1) is 13.0. The van der Waals surface area contributed by atoms with Gasteiger partial charge in [-0.3, -0.25) is 9.59 Å². The number of carbonyl (C=O) groups is 1. The van der Waals surface area contributed by atoms with Gasteiger partial charge in [0.1, 0.15) is 5.75 Å². The standard InChI is InChI=1S/C21H26N2O3S/c1-14-18(12-7-15-5-3-2-4-6-15)22-21(23-20(14)26)27-13-19(25)16-8-10-17(24)11-9-16/h8-11,15,24H,2-7,12-13H2,1H3,(H,22,23,26). The van der Waals surface area contributed by atoms with Gasteiger partial charge in [0.05, 0.1) is 11.4 Å². The Balaban J connectivity index is 1.63. The number of hydrogen-bond acceptors (Lipinski definition) is 5. The average Bonchev–Trinajstić information content (AvgIpc) is 2.69. The molecule has 1 aliphatic carbocycles. The number of rotatable bonds is 7. The average molecular weight is 387 g/mol. The summed E-state index contributed by atoms with van der Waals surface area (Å²) in [7, 11) is 0. The Morgan fingerprint density at radius 1 is 1.22 bits per heavy atom. The zero-order valence-electron chi connectivity index (χ0n) is 15.7. The topological polar surface area (TPSA) is 83.0 Å². The van der Waals surface area contributed by atoms with Crippen molar-refractivity contribution in [3.8, 4) is 5.75 Å². The highest BCUT2D eigenvalue weighted by Crippen LogP contribution is 2.27. The van der Waals surface area contributed by atoms with Crippen molar-refractivity contribution in [2.75, 3.05) is 5.75 Å². The molecule has 0 aliphatic heterocycles. The van der Waals surface area contributed by atoms with Crippen LogP contribution in [0, 0.1) is 12.8 Å². The summed E-state index contributed by atoms with van der Waals surface area (Å²) in [5, 5.41) is 9.81. The number of ketones is 1. The van der Waals surface area contributed by atoms with Gasteiger partial charge in [-0.15, -0.1) is 0 Å². The zero-order chi connectivity index (χ0) is 19.2. The number of hydrogen-bond donors (Lipinski definition) is 2. The van der Waals surface area contributed by atoms with Crippen LogP contribution < -0.4 is 5.56 Å². The van der Waals surface area contributed by atoms with Crippen molar-refractivity contribution in [3.05, 3.63) is 51.4 Å². The van der Waals surface area contributed by atoms with Crippen LogP contribution in [0.25, 0.3) is 0 Å². The molecule has 5 nitrogen and oxygen atoms in total. The summed E-state index contributed by atoms with van der Waals surface area (Å²) < 4.78 is 0. The lowest BCUT2D eigenvalue weighted by atomic mass is 9.85. The number of aromatic hydroxyl groups is 1. The first-order valence-corrected chi connectivity index (χ1v) is 10.6. The normalized spacial score (nSPS) is 15.0. The maximum Gasteiger partial charge on any atom is 0.254 e. The number of nitrogens with zero attached hydrogens (tertiary/aromatic N) is 1. The molecule has 1 aromatic carbocycles. The van der Waals surface area contributed by atoms with E-state index in [1.165, 1.54) is 56.0 Å². The number of phenolic OH excluding ortho intramolecular Hbond substituents is 1. The number of aromatic nitrogens is 2. The number of thioether (sulfide) groups is 1. The molecule has 6 heteroatoms. The number of Topliss-reactive ketones (excluding diaryl/α,β-unsaturated/α-hetero) is 1. The van der Waals surface area contributed by atoms with E-state index in [0.717, 1.165) is 24.5 Å². The van der Waals surface area contributed by atoms with Crippen LogP contribution in [0.2, 0.25) is 0 Å². The van der Waals surface area contributed by atoms with Gasteiger partial charge in [0, 0.05) is 11.1 Å². The van der Waals surface area contributed by atoms with Crippen LogP contribution in [0.5, 0.6) is 5.75 Å². The molecule has 0 amide bonds. The zero-order valence-corrected chi connectivity index (χ0v) is 16.5. The van der Waals surface area contributed by atoms with Gasteiger partial charge >= 0.3 is 0 Å². The summed E-state index contributed by atoms with van der Waals surface area (Å²) in [5.41, 5.74) is 1.94. The molecule has 2 N–H and O–H groups in total. The van der Waals surface area contributed by atoms with Crippen LogP contribution in [-0.2, 0) is 6.42 Å². The van der Waals surface area contributed by atoms with E-state index < -0.39 is 0 Å². The summed E-state index contributed by atoms with van der Waals surface area (Å²) in [6.45, 7) is 1.82. The lowest BCUT2D eigenvalue weighted by Crippen LogP contribution is -2.17. The second kappa shape index (κ2) is 9.22. The Hall–Kier alpha value is -2.08. The van der Waals surface area contributed by atoms with E-state index in [9.17, 15) is 14.7 Å². The van der Waals surface area contributed by atoms with Crippen molar-refractivity contribution < 1.29 is 9.90 Å². The van der Waals surface area contributed by atoms with Gasteiger partial charge < -0.3 is 10.1 Å². The molecular formula is C21H26N2O3S. The predicted molar refractivity (Wildman–Crippen MR) is 108 cm³/mol. The molecule has 1 saturated carbocycles. The van der Waals surface area contributed by atoms with Crippen molar-refractivity contribution in [2.24, 2.45) is 5.92 Å². The number of benzene rings is 1. The molecule has 1 heterocycles. The van der Waals surface area contributed by atoms with Gasteiger partial charge in [0.15, 0.2) is 10.9 Å². The number of carbonyl (C=O) groups excluding carboxylic acids is 1. The van der Waals surface area contributed by atoms with E-state index in [0.29, 0.717) is 16.3 Å². The van der Waals surface area contributed by atoms with Crippen molar-refractivity contribution in [3.63, 3.8) is 0 Å². The van der Waals surface area contributed by atoms with Crippen LogP contribution in [-0.4, -0.2) is 26.6 Å².